The van der Waals surface area contributed by atoms with Gasteiger partial charge in [0, 0.05) is 18.6 Å². The summed E-state index contributed by atoms with van der Waals surface area (Å²) in [5.74, 6) is -0.442. The zero-order chi connectivity index (χ0) is 15.5. The van der Waals surface area contributed by atoms with Crippen LogP contribution in [0.5, 0.6) is 0 Å². The third-order valence-electron chi connectivity index (χ3n) is 3.33. The summed E-state index contributed by atoms with van der Waals surface area (Å²) in [6.45, 7) is 0.0241. The summed E-state index contributed by atoms with van der Waals surface area (Å²) >= 11 is 0. The number of nitrogens with zero attached hydrogens (tertiary/aromatic N) is 1. The quantitative estimate of drug-likeness (QED) is 0.463. The number of hydrogen-bond acceptors (Lipinski definition) is 6. The van der Waals surface area contributed by atoms with Gasteiger partial charge in [-0.2, -0.15) is 0 Å². The fourth-order valence-corrected chi connectivity index (χ4v) is 4.07. The molecule has 0 unspecified atom stereocenters. The van der Waals surface area contributed by atoms with Gasteiger partial charge < -0.3 is 4.74 Å². The van der Waals surface area contributed by atoms with E-state index in [-0.39, 0.29) is 36.1 Å². The Morgan fingerprint density at radius 1 is 1.33 bits per heavy atom. The number of nitro benzene ring substituents is 1. The van der Waals surface area contributed by atoms with Gasteiger partial charge in [0.05, 0.1) is 16.4 Å². The maximum atomic E-state index is 11.6. The number of benzene rings is 1. The van der Waals surface area contributed by atoms with E-state index in [0.717, 1.165) is 0 Å². The normalized spacial score (nSPS) is 20.1. The minimum atomic E-state index is -2.99. The molecule has 1 saturated heterocycles. The molecule has 0 spiro atoms. The Morgan fingerprint density at radius 2 is 2.00 bits per heavy atom. The number of nitro groups is 1. The van der Waals surface area contributed by atoms with Crippen LogP contribution in [0, 0.1) is 16.0 Å². The first-order valence-corrected chi connectivity index (χ1v) is 8.27. The second-order valence-corrected chi connectivity index (χ2v) is 7.29. The average molecular weight is 313 g/mol. The molecule has 8 heteroatoms. The number of sulfone groups is 1. The first-order valence-electron chi connectivity index (χ1n) is 6.45. The van der Waals surface area contributed by atoms with Gasteiger partial charge in [-0.3, -0.25) is 14.9 Å². The largest absolute Gasteiger partial charge is 0.461 e. The van der Waals surface area contributed by atoms with Crippen LogP contribution < -0.4 is 0 Å². The molecule has 1 atom stereocenters. The molecular formula is C13H15NO6S. The van der Waals surface area contributed by atoms with Crippen molar-refractivity contribution in [1.29, 1.82) is 0 Å². The van der Waals surface area contributed by atoms with Crippen LogP contribution in [0.4, 0.5) is 5.69 Å². The summed E-state index contributed by atoms with van der Waals surface area (Å²) in [5.41, 5.74) is 0.620. The molecule has 1 aromatic rings. The molecule has 0 saturated carbocycles. The van der Waals surface area contributed by atoms with E-state index in [1.807, 2.05) is 0 Å². The molecule has 0 amide bonds. The number of ether oxygens (including phenoxy) is 1. The van der Waals surface area contributed by atoms with Crippen LogP contribution in [0.25, 0.3) is 0 Å². The molecule has 0 aromatic heterocycles. The zero-order valence-electron chi connectivity index (χ0n) is 11.2. The van der Waals surface area contributed by atoms with Gasteiger partial charge in [0.1, 0.15) is 6.61 Å². The van der Waals surface area contributed by atoms with Crippen LogP contribution in [0.1, 0.15) is 18.4 Å². The van der Waals surface area contributed by atoms with E-state index in [0.29, 0.717) is 12.0 Å². The van der Waals surface area contributed by atoms with E-state index in [9.17, 15) is 23.3 Å². The molecule has 1 fully saturated rings. The zero-order valence-corrected chi connectivity index (χ0v) is 12.0. The minimum Gasteiger partial charge on any atom is -0.461 e. The van der Waals surface area contributed by atoms with E-state index < -0.39 is 20.7 Å². The number of carbonyl (C=O) groups excluding carboxylic acids is 1. The van der Waals surface area contributed by atoms with Crippen molar-refractivity contribution in [3.05, 3.63) is 39.9 Å². The lowest BCUT2D eigenvalue weighted by Gasteiger charge is -2.08. The van der Waals surface area contributed by atoms with Crippen LogP contribution in [-0.2, 0) is 26.0 Å². The van der Waals surface area contributed by atoms with E-state index in [1.165, 1.54) is 24.3 Å². The summed E-state index contributed by atoms with van der Waals surface area (Å²) < 4.78 is 27.6. The van der Waals surface area contributed by atoms with E-state index in [2.05, 4.69) is 0 Å². The monoisotopic (exact) mass is 313 g/mol. The van der Waals surface area contributed by atoms with Crippen LogP contribution >= 0.6 is 0 Å². The number of esters is 1. The number of non-ortho nitro benzene ring substituents is 1. The molecule has 1 aliphatic heterocycles. The van der Waals surface area contributed by atoms with Gasteiger partial charge >= 0.3 is 5.97 Å². The van der Waals surface area contributed by atoms with Gasteiger partial charge in [-0.15, -0.1) is 0 Å². The lowest BCUT2D eigenvalue weighted by atomic mass is 10.1. The average Bonchev–Trinajstić information content (AvgIpc) is 2.76. The number of rotatable bonds is 5. The molecule has 0 bridgehead atoms. The van der Waals surface area contributed by atoms with Crippen molar-refractivity contribution in [3.8, 4) is 0 Å². The van der Waals surface area contributed by atoms with E-state index in [4.69, 9.17) is 4.74 Å². The van der Waals surface area contributed by atoms with Crippen LogP contribution in [0.15, 0.2) is 24.3 Å². The highest BCUT2D eigenvalue weighted by molar-refractivity contribution is 7.91. The topological polar surface area (TPSA) is 104 Å². The molecule has 0 aliphatic carbocycles. The van der Waals surface area contributed by atoms with Gasteiger partial charge in [-0.25, -0.2) is 8.42 Å². The van der Waals surface area contributed by atoms with Crippen molar-refractivity contribution in [1.82, 2.24) is 0 Å². The molecule has 1 aliphatic rings. The molecule has 0 N–H and O–H groups in total. The Balaban J connectivity index is 1.80. The first kappa shape index (κ1) is 15.4. The Morgan fingerprint density at radius 3 is 2.52 bits per heavy atom. The van der Waals surface area contributed by atoms with Crippen molar-refractivity contribution in [2.45, 2.75) is 19.4 Å². The third kappa shape index (κ3) is 4.52. The molecular weight excluding hydrogens is 298 g/mol. The van der Waals surface area contributed by atoms with Crippen LogP contribution in [-0.4, -0.2) is 30.8 Å². The Bertz CT molecular complexity index is 637. The summed E-state index contributed by atoms with van der Waals surface area (Å²) in [7, 11) is -2.99. The van der Waals surface area contributed by atoms with Gasteiger partial charge in [0.25, 0.3) is 5.69 Å². The summed E-state index contributed by atoms with van der Waals surface area (Å²) in [5, 5.41) is 10.5. The van der Waals surface area contributed by atoms with Crippen LogP contribution in [0.2, 0.25) is 0 Å². The smallest absolute Gasteiger partial charge is 0.306 e. The third-order valence-corrected chi connectivity index (χ3v) is 5.17. The lowest BCUT2D eigenvalue weighted by molar-refractivity contribution is -0.384. The minimum absolute atomic E-state index is 0.0241. The SMILES string of the molecule is O=C(C[C@@H]1CCS(=O)(=O)C1)OCc1ccc([N+](=O)[O-])cc1. The van der Waals surface area contributed by atoms with Gasteiger partial charge in [0.15, 0.2) is 9.84 Å². The predicted molar refractivity (Wildman–Crippen MR) is 74.3 cm³/mol. The fourth-order valence-electron chi connectivity index (χ4n) is 2.21. The van der Waals surface area contributed by atoms with E-state index >= 15 is 0 Å². The second kappa shape index (κ2) is 6.21. The number of carbonyl (C=O) groups is 1. The molecule has 21 heavy (non-hydrogen) atoms. The Hall–Kier alpha value is -1.96. The van der Waals surface area contributed by atoms with Gasteiger partial charge in [-0.1, -0.05) is 0 Å². The number of hydrogen-bond donors (Lipinski definition) is 0. The second-order valence-electron chi connectivity index (χ2n) is 5.06. The maximum Gasteiger partial charge on any atom is 0.306 e. The first-order chi connectivity index (χ1) is 9.85. The molecule has 2 rings (SSSR count). The van der Waals surface area contributed by atoms with Crippen molar-refractivity contribution in [3.63, 3.8) is 0 Å². The summed E-state index contributed by atoms with van der Waals surface area (Å²) in [6.07, 6.45) is 0.585. The molecule has 7 nitrogen and oxygen atoms in total. The highest BCUT2D eigenvalue weighted by atomic mass is 32.2. The Kier molecular flexibility index (Phi) is 4.56. The lowest BCUT2D eigenvalue weighted by Crippen LogP contribution is -2.13. The highest BCUT2D eigenvalue weighted by Crippen LogP contribution is 2.22. The van der Waals surface area contributed by atoms with Crippen molar-refractivity contribution in [2.75, 3.05) is 11.5 Å². The molecule has 0 radical (unpaired) electrons. The van der Waals surface area contributed by atoms with Crippen LogP contribution in [0.3, 0.4) is 0 Å². The molecule has 1 aromatic carbocycles. The Labute approximate surface area is 122 Å². The molecule has 114 valence electrons. The highest BCUT2D eigenvalue weighted by Gasteiger charge is 2.29. The van der Waals surface area contributed by atoms with Crippen molar-refractivity contribution >= 4 is 21.5 Å². The summed E-state index contributed by atoms with van der Waals surface area (Å²) in [4.78, 5) is 21.6. The standard InChI is InChI=1S/C13H15NO6S/c15-13(7-11-5-6-21(18,19)9-11)20-8-10-1-3-12(4-2-10)14(16)17/h1-4,11H,5-9H2/t11-/m0/s1. The van der Waals surface area contributed by atoms with Crippen molar-refractivity contribution in [2.24, 2.45) is 5.92 Å². The fraction of sp³-hybridized carbons (Fsp3) is 0.462. The van der Waals surface area contributed by atoms with E-state index in [1.54, 1.807) is 0 Å². The van der Waals surface area contributed by atoms with Gasteiger partial charge in [0.2, 0.25) is 0 Å². The molecule has 1 heterocycles. The van der Waals surface area contributed by atoms with Gasteiger partial charge in [-0.05, 0) is 30.0 Å². The maximum absolute atomic E-state index is 11.6. The van der Waals surface area contributed by atoms with Crippen molar-refractivity contribution < 1.29 is 22.9 Å². The predicted octanol–water partition coefficient (Wildman–Crippen LogP) is 1.46. The summed E-state index contributed by atoms with van der Waals surface area (Å²) in [6, 6.07) is 5.72.